The molecule has 0 radical (unpaired) electrons. The van der Waals surface area contributed by atoms with Crippen molar-refractivity contribution in [2.45, 2.75) is 11.3 Å². The summed E-state index contributed by atoms with van der Waals surface area (Å²) in [6.07, 6.45) is -2.69. The van der Waals surface area contributed by atoms with Gasteiger partial charge in [-0.2, -0.15) is 13.2 Å². The van der Waals surface area contributed by atoms with Gasteiger partial charge in [0.25, 0.3) is 0 Å². The minimum Gasteiger partial charge on any atom is -0.383 e. The minimum absolute atomic E-state index is 0.0941. The maximum Gasteiger partial charge on any atom is 0.416 e. The van der Waals surface area contributed by atoms with Crippen LogP contribution in [0.15, 0.2) is 29.4 Å². The molecule has 0 atom stereocenters. The monoisotopic (exact) mass is 334 g/mol. The number of hydrogen-bond acceptors (Lipinski definition) is 5. The van der Waals surface area contributed by atoms with Gasteiger partial charge in [0.1, 0.15) is 11.6 Å². The van der Waals surface area contributed by atoms with Gasteiger partial charge in [0.15, 0.2) is 5.16 Å². The van der Waals surface area contributed by atoms with Crippen molar-refractivity contribution >= 4 is 40.7 Å². The highest BCUT2D eigenvalue weighted by Crippen LogP contribution is 2.34. The van der Waals surface area contributed by atoms with Crippen molar-refractivity contribution in [3.8, 4) is 0 Å². The van der Waals surface area contributed by atoms with Crippen molar-refractivity contribution in [1.29, 1.82) is 0 Å². The first kappa shape index (κ1) is 15.7. The Morgan fingerprint density at radius 3 is 2.57 bits per heavy atom. The number of alkyl halides is 3. The highest BCUT2D eigenvalue weighted by Gasteiger charge is 2.31. The lowest BCUT2D eigenvalue weighted by Gasteiger charge is -2.12. The molecule has 9 heteroatoms. The van der Waals surface area contributed by atoms with E-state index in [4.69, 9.17) is 17.3 Å². The third-order valence-corrected chi connectivity index (χ3v) is 3.34. The van der Waals surface area contributed by atoms with E-state index >= 15 is 0 Å². The lowest BCUT2D eigenvalue weighted by atomic mass is 10.2. The Balaban J connectivity index is 2.37. The summed E-state index contributed by atoms with van der Waals surface area (Å²) < 4.78 is 38.1. The number of rotatable bonds is 3. The van der Waals surface area contributed by atoms with Gasteiger partial charge < -0.3 is 11.1 Å². The normalized spacial score (nSPS) is 11.5. The van der Waals surface area contributed by atoms with E-state index in [1.165, 1.54) is 23.9 Å². The van der Waals surface area contributed by atoms with E-state index in [-0.39, 0.29) is 22.3 Å². The van der Waals surface area contributed by atoms with Gasteiger partial charge in [-0.3, -0.25) is 0 Å². The maximum atomic E-state index is 12.7. The molecule has 2 aromatic rings. The number of nitrogens with one attached hydrogen (secondary N) is 1. The van der Waals surface area contributed by atoms with Crippen LogP contribution < -0.4 is 11.1 Å². The summed E-state index contributed by atoms with van der Waals surface area (Å²) >= 11 is 7.16. The summed E-state index contributed by atoms with van der Waals surface area (Å²) in [5.74, 6) is 0.480. The largest absolute Gasteiger partial charge is 0.416 e. The zero-order chi connectivity index (χ0) is 15.6. The average molecular weight is 335 g/mol. The average Bonchev–Trinajstić information content (AvgIpc) is 2.39. The number of anilines is 3. The molecule has 2 rings (SSSR count). The van der Waals surface area contributed by atoms with Crippen molar-refractivity contribution in [2.24, 2.45) is 0 Å². The summed E-state index contributed by atoms with van der Waals surface area (Å²) in [5, 5.41) is 3.27. The molecule has 0 amide bonds. The summed E-state index contributed by atoms with van der Waals surface area (Å²) in [7, 11) is 0. The van der Waals surface area contributed by atoms with Crippen LogP contribution >= 0.6 is 23.4 Å². The van der Waals surface area contributed by atoms with Gasteiger partial charge >= 0.3 is 6.18 Å². The van der Waals surface area contributed by atoms with Crippen molar-refractivity contribution < 1.29 is 13.2 Å². The molecule has 0 unspecified atom stereocenters. The van der Waals surface area contributed by atoms with Gasteiger partial charge in [0.2, 0.25) is 0 Å². The SMILES string of the molecule is CSc1nc(N)cc(Nc2cc(C(F)(F)F)ccc2Cl)n1. The Bertz CT molecular complexity index is 663. The Labute approximate surface area is 127 Å². The molecule has 0 aliphatic heterocycles. The van der Waals surface area contributed by atoms with E-state index in [1.54, 1.807) is 6.26 Å². The molecule has 0 saturated heterocycles. The van der Waals surface area contributed by atoms with E-state index in [2.05, 4.69) is 15.3 Å². The zero-order valence-corrected chi connectivity index (χ0v) is 12.3. The van der Waals surface area contributed by atoms with E-state index in [0.29, 0.717) is 5.16 Å². The molecule has 4 nitrogen and oxygen atoms in total. The third-order valence-electron chi connectivity index (χ3n) is 2.46. The molecular weight excluding hydrogens is 325 g/mol. The molecule has 3 N–H and O–H groups in total. The second-order valence-corrected chi connectivity index (χ2v) is 5.16. The third kappa shape index (κ3) is 3.92. The summed E-state index contributed by atoms with van der Waals surface area (Å²) in [4.78, 5) is 8.05. The first-order valence-corrected chi connectivity index (χ1v) is 7.22. The molecule has 0 bridgehead atoms. The highest BCUT2D eigenvalue weighted by atomic mass is 35.5. The first-order valence-electron chi connectivity index (χ1n) is 5.62. The molecule has 112 valence electrons. The first-order chi connectivity index (χ1) is 9.79. The van der Waals surface area contributed by atoms with Crippen LogP contribution in [-0.2, 0) is 6.18 Å². The molecule has 0 aliphatic rings. The van der Waals surface area contributed by atoms with Crippen LogP contribution in [0.4, 0.5) is 30.5 Å². The van der Waals surface area contributed by atoms with Crippen LogP contribution in [0.5, 0.6) is 0 Å². The van der Waals surface area contributed by atoms with Crippen molar-refractivity contribution in [3.05, 3.63) is 34.9 Å². The topological polar surface area (TPSA) is 63.8 Å². The number of nitrogens with two attached hydrogens (primary N) is 1. The van der Waals surface area contributed by atoms with Gasteiger partial charge in [0.05, 0.1) is 16.3 Å². The van der Waals surface area contributed by atoms with Crippen molar-refractivity contribution in [1.82, 2.24) is 9.97 Å². The Hall–Kier alpha value is -1.67. The fraction of sp³-hybridized carbons (Fsp3) is 0.167. The van der Waals surface area contributed by atoms with E-state index in [9.17, 15) is 13.2 Å². The van der Waals surface area contributed by atoms with Crippen LogP contribution in [0.1, 0.15) is 5.56 Å². The van der Waals surface area contributed by atoms with Gasteiger partial charge in [0, 0.05) is 6.07 Å². The summed E-state index contributed by atoms with van der Waals surface area (Å²) in [6, 6.07) is 4.41. The number of aromatic nitrogens is 2. The summed E-state index contributed by atoms with van der Waals surface area (Å²) in [6.45, 7) is 0. The molecular formula is C12H10ClF3N4S. The van der Waals surface area contributed by atoms with Crippen LogP contribution in [-0.4, -0.2) is 16.2 Å². The molecule has 21 heavy (non-hydrogen) atoms. The second-order valence-electron chi connectivity index (χ2n) is 3.98. The Morgan fingerprint density at radius 2 is 1.95 bits per heavy atom. The van der Waals surface area contributed by atoms with E-state index < -0.39 is 11.7 Å². The van der Waals surface area contributed by atoms with Crippen LogP contribution in [0.25, 0.3) is 0 Å². The Kier molecular flexibility index (Phi) is 4.48. The zero-order valence-electron chi connectivity index (χ0n) is 10.7. The number of halogens is 4. The fourth-order valence-corrected chi connectivity index (χ4v) is 2.08. The molecule has 1 aromatic heterocycles. The number of thioether (sulfide) groups is 1. The maximum absolute atomic E-state index is 12.7. The molecule has 0 aliphatic carbocycles. The number of benzene rings is 1. The smallest absolute Gasteiger partial charge is 0.383 e. The number of nitrogen functional groups attached to an aromatic ring is 1. The van der Waals surface area contributed by atoms with Gasteiger partial charge in [-0.25, -0.2) is 9.97 Å². The van der Waals surface area contributed by atoms with Crippen LogP contribution in [0.2, 0.25) is 5.02 Å². The highest BCUT2D eigenvalue weighted by molar-refractivity contribution is 7.98. The van der Waals surface area contributed by atoms with Crippen LogP contribution in [0.3, 0.4) is 0 Å². The lowest BCUT2D eigenvalue weighted by molar-refractivity contribution is -0.137. The lowest BCUT2D eigenvalue weighted by Crippen LogP contribution is -2.06. The van der Waals surface area contributed by atoms with Crippen LogP contribution in [0, 0.1) is 0 Å². The standard InChI is InChI=1S/C12H10ClF3N4S/c1-21-11-19-9(17)5-10(20-11)18-8-4-6(12(14,15)16)2-3-7(8)13/h2-5H,1H3,(H3,17,18,19,20). The van der Waals surface area contributed by atoms with Crippen molar-refractivity contribution in [3.63, 3.8) is 0 Å². The molecule has 1 heterocycles. The summed E-state index contributed by atoms with van der Waals surface area (Å²) in [5.41, 5.74) is 4.90. The Morgan fingerprint density at radius 1 is 1.24 bits per heavy atom. The second kappa shape index (κ2) is 5.98. The minimum atomic E-state index is -4.45. The molecule has 0 fully saturated rings. The van der Waals surface area contributed by atoms with E-state index in [0.717, 1.165) is 12.1 Å². The van der Waals surface area contributed by atoms with Gasteiger partial charge in [-0.1, -0.05) is 23.4 Å². The van der Waals surface area contributed by atoms with Crippen molar-refractivity contribution in [2.75, 3.05) is 17.3 Å². The van der Waals surface area contributed by atoms with Gasteiger partial charge in [-0.05, 0) is 24.5 Å². The van der Waals surface area contributed by atoms with Gasteiger partial charge in [-0.15, -0.1) is 0 Å². The quantitative estimate of drug-likeness (QED) is 0.650. The molecule has 1 aromatic carbocycles. The van der Waals surface area contributed by atoms with E-state index in [1.807, 2.05) is 0 Å². The number of hydrogen-bond donors (Lipinski definition) is 2. The number of nitrogens with zero attached hydrogens (tertiary/aromatic N) is 2. The molecule has 0 saturated carbocycles. The fourth-order valence-electron chi connectivity index (χ4n) is 1.53. The predicted octanol–water partition coefficient (Wildman–Crippen LogP) is 4.20. The molecule has 0 spiro atoms. The predicted molar refractivity (Wildman–Crippen MR) is 78.0 cm³/mol.